The Morgan fingerprint density at radius 2 is 1.84 bits per heavy atom. The number of benzene rings is 3. The number of carbonyl (C=O) groups is 3. The van der Waals surface area contributed by atoms with Crippen LogP contribution in [0.4, 0.5) is 23.7 Å². The average Bonchev–Trinajstić information content (AvgIpc) is 3.71. The summed E-state index contributed by atoms with van der Waals surface area (Å²) in [6, 6.07) is 18.0. The van der Waals surface area contributed by atoms with Crippen LogP contribution in [0, 0.1) is 6.92 Å². The third kappa shape index (κ3) is 9.16. The van der Waals surface area contributed by atoms with Crippen LogP contribution in [0.1, 0.15) is 36.7 Å². The number of nitrogens with one attached hydrogen (secondary N) is 1. The van der Waals surface area contributed by atoms with Gasteiger partial charge in [0.25, 0.3) is 0 Å². The molecule has 12 nitrogen and oxygen atoms in total. The fourth-order valence-electron chi connectivity index (χ4n) is 4.94. The van der Waals surface area contributed by atoms with Crippen molar-refractivity contribution < 1.29 is 37.4 Å². The van der Waals surface area contributed by atoms with Crippen molar-refractivity contribution in [3.63, 3.8) is 0 Å². The molecule has 258 valence electrons. The van der Waals surface area contributed by atoms with E-state index in [2.05, 4.69) is 50.3 Å². The summed E-state index contributed by atoms with van der Waals surface area (Å²) in [5, 5.41) is 16.9. The number of aryl methyl sites for hydroxylation is 2. The fourth-order valence-corrected chi connectivity index (χ4v) is 5.78. The highest BCUT2D eigenvalue weighted by atomic mass is 32.2. The number of ether oxygens (including phenoxy) is 1. The van der Waals surface area contributed by atoms with E-state index in [4.69, 9.17) is 0 Å². The van der Waals surface area contributed by atoms with Crippen molar-refractivity contribution in [2.45, 2.75) is 39.7 Å². The van der Waals surface area contributed by atoms with Gasteiger partial charge in [0, 0.05) is 19.2 Å². The number of amidine groups is 1. The Morgan fingerprint density at radius 1 is 1.14 bits per heavy atom. The van der Waals surface area contributed by atoms with Crippen LogP contribution in [-0.4, -0.2) is 74.1 Å². The van der Waals surface area contributed by atoms with Crippen LogP contribution in [0.5, 0.6) is 5.75 Å². The molecule has 1 aliphatic rings. The van der Waals surface area contributed by atoms with E-state index in [1.807, 2.05) is 6.92 Å². The normalized spacial score (nSPS) is 14.2. The number of hydrogen-bond acceptors (Lipinski definition) is 8. The summed E-state index contributed by atoms with van der Waals surface area (Å²) in [5.41, 5.74) is 4.98. The summed E-state index contributed by atoms with van der Waals surface area (Å²) in [7, 11) is 1.73. The molecule has 0 spiro atoms. The monoisotopic (exact) mass is 697 g/mol. The topological polar surface area (TPSA) is 142 Å². The Balaban J connectivity index is 0.000000266. The maximum Gasteiger partial charge on any atom is 0.573 e. The highest BCUT2D eigenvalue weighted by molar-refractivity contribution is 8.15. The van der Waals surface area contributed by atoms with Gasteiger partial charge < -0.3 is 15.2 Å². The molecule has 1 unspecified atom stereocenters. The summed E-state index contributed by atoms with van der Waals surface area (Å²) in [6.07, 6.45) is -4.05. The van der Waals surface area contributed by atoms with Crippen molar-refractivity contribution in [3.8, 4) is 22.8 Å². The van der Waals surface area contributed by atoms with Crippen LogP contribution in [0.3, 0.4) is 0 Å². The van der Waals surface area contributed by atoms with Gasteiger partial charge in [0.2, 0.25) is 12.3 Å². The van der Waals surface area contributed by atoms with Gasteiger partial charge in [0.05, 0.1) is 17.1 Å². The zero-order chi connectivity index (χ0) is 35.7. The molecule has 1 aliphatic heterocycles. The molecule has 0 saturated carbocycles. The maximum atomic E-state index is 12.3. The predicted octanol–water partition coefficient (Wildman–Crippen LogP) is 6.20. The van der Waals surface area contributed by atoms with Crippen molar-refractivity contribution in [2.24, 2.45) is 4.99 Å². The third-order valence-corrected chi connectivity index (χ3v) is 8.27. The lowest BCUT2D eigenvalue weighted by atomic mass is 10.1. The van der Waals surface area contributed by atoms with E-state index in [0.717, 1.165) is 27.7 Å². The molecular formula is C33H34F3N7O5S. The van der Waals surface area contributed by atoms with Gasteiger partial charge in [-0.05, 0) is 67.3 Å². The molecule has 5 rings (SSSR count). The molecule has 2 N–H and O–H groups in total. The fraction of sp³-hybridized carbons (Fsp3) is 0.273. The molecule has 16 heteroatoms. The number of hydrogen-bond donors (Lipinski definition) is 2. The zero-order valence-electron chi connectivity index (χ0n) is 27.0. The van der Waals surface area contributed by atoms with Crippen molar-refractivity contribution >= 4 is 41.0 Å². The number of carbonyl (C=O) groups excluding carboxylic acids is 2. The van der Waals surface area contributed by atoms with Gasteiger partial charge in [-0.1, -0.05) is 55.1 Å². The third-order valence-electron chi connectivity index (χ3n) is 7.25. The lowest BCUT2D eigenvalue weighted by Gasteiger charge is -2.28. The second kappa shape index (κ2) is 16.1. The summed E-state index contributed by atoms with van der Waals surface area (Å²) in [4.78, 5) is 45.5. The molecule has 3 amide bonds. The molecule has 1 aromatic heterocycles. The van der Waals surface area contributed by atoms with Crippen molar-refractivity contribution in [2.75, 3.05) is 24.2 Å². The number of rotatable bonds is 10. The average molecular weight is 698 g/mol. The first kappa shape index (κ1) is 36.5. The highest BCUT2D eigenvalue weighted by Crippen LogP contribution is 2.31. The minimum atomic E-state index is -4.77. The predicted molar refractivity (Wildman–Crippen MR) is 180 cm³/mol. The molecule has 49 heavy (non-hydrogen) atoms. The molecule has 0 aliphatic carbocycles. The number of carboxylic acid groups (broad SMARTS) is 1. The van der Waals surface area contributed by atoms with Crippen LogP contribution in [0.25, 0.3) is 17.1 Å². The van der Waals surface area contributed by atoms with Gasteiger partial charge in [-0.15, -0.1) is 18.3 Å². The largest absolute Gasteiger partial charge is 0.573 e. The van der Waals surface area contributed by atoms with E-state index in [-0.39, 0.29) is 18.2 Å². The van der Waals surface area contributed by atoms with Gasteiger partial charge in [0.15, 0.2) is 11.0 Å². The van der Waals surface area contributed by atoms with Crippen molar-refractivity contribution in [3.05, 3.63) is 89.7 Å². The number of aromatic nitrogens is 3. The molecule has 0 radical (unpaired) electrons. The van der Waals surface area contributed by atoms with E-state index < -0.39 is 18.6 Å². The summed E-state index contributed by atoms with van der Waals surface area (Å²) in [5.74, 6) is 0.607. The van der Waals surface area contributed by atoms with Gasteiger partial charge in [-0.25, -0.2) is 14.5 Å². The molecular weight excluding hydrogens is 663 g/mol. The Morgan fingerprint density at radius 3 is 2.41 bits per heavy atom. The van der Waals surface area contributed by atoms with Crippen LogP contribution in [0.15, 0.2) is 78.0 Å². The summed E-state index contributed by atoms with van der Waals surface area (Å²) in [6.45, 7) is 5.96. The second-order valence-electron chi connectivity index (χ2n) is 10.4. The molecule has 2 heterocycles. The van der Waals surface area contributed by atoms with Crippen LogP contribution >= 0.6 is 11.8 Å². The Hall–Kier alpha value is -5.38. The number of halogens is 3. The van der Waals surface area contributed by atoms with E-state index in [1.54, 1.807) is 43.1 Å². The number of alkyl halides is 3. The van der Waals surface area contributed by atoms with Gasteiger partial charge >= 0.3 is 12.5 Å². The SMILES string of the molecule is CCN(C(=O)O)C(NC=O)c1ccc(-c2ncn(-c3ccc(OC(F)(F)F)cc3)n2)cc1.CCc1ccc(C)cc1N1C(=O)CSC1=NC. The first-order valence-electron chi connectivity index (χ1n) is 15.0. The first-order chi connectivity index (χ1) is 23.4. The van der Waals surface area contributed by atoms with E-state index in [9.17, 15) is 32.7 Å². The lowest BCUT2D eigenvalue weighted by molar-refractivity contribution is -0.274. The molecule has 1 fully saturated rings. The molecule has 0 bridgehead atoms. The number of aliphatic imine (C=N–C) groups is 1. The van der Waals surface area contributed by atoms with Crippen LogP contribution in [0.2, 0.25) is 0 Å². The van der Waals surface area contributed by atoms with Gasteiger partial charge in [-0.2, -0.15) is 0 Å². The number of amides is 3. The Kier molecular flexibility index (Phi) is 12.0. The summed E-state index contributed by atoms with van der Waals surface area (Å²) < 4.78 is 42.1. The van der Waals surface area contributed by atoms with E-state index in [0.29, 0.717) is 34.8 Å². The maximum absolute atomic E-state index is 12.3. The van der Waals surface area contributed by atoms with Gasteiger partial charge in [0.1, 0.15) is 18.2 Å². The first-order valence-corrected chi connectivity index (χ1v) is 16.0. The standard InChI is InChI=1S/C20H18F3N5O4.C13H16N2OS/c1-2-27(19(30)31)18(25-12-29)14-5-3-13(4-6-14)17-24-11-28(26-17)15-7-9-16(10-8-15)32-20(21,22)23;1-4-10-6-5-9(2)7-11(10)15-12(16)8-17-13(15)14-3/h3-12,18H,2H2,1H3,(H,25,29)(H,30,31);5-7H,4,8H2,1-3H3. The van der Waals surface area contributed by atoms with E-state index >= 15 is 0 Å². The number of nitrogens with zero attached hydrogens (tertiary/aromatic N) is 6. The highest BCUT2D eigenvalue weighted by Gasteiger charge is 2.31. The Bertz CT molecular complexity index is 1800. The van der Waals surface area contributed by atoms with Crippen LogP contribution in [-0.2, 0) is 16.0 Å². The zero-order valence-corrected chi connectivity index (χ0v) is 27.8. The Labute approximate surface area is 284 Å². The second-order valence-corrected chi connectivity index (χ2v) is 11.4. The van der Waals surface area contributed by atoms with Crippen molar-refractivity contribution in [1.29, 1.82) is 0 Å². The molecule has 1 saturated heterocycles. The quantitative estimate of drug-likeness (QED) is 0.147. The van der Waals surface area contributed by atoms with Crippen molar-refractivity contribution in [1.82, 2.24) is 25.0 Å². The van der Waals surface area contributed by atoms with E-state index in [1.165, 1.54) is 52.6 Å². The number of anilines is 1. The lowest BCUT2D eigenvalue weighted by Crippen LogP contribution is -2.41. The van der Waals surface area contributed by atoms with Gasteiger partial charge in [-0.3, -0.25) is 24.4 Å². The minimum Gasteiger partial charge on any atom is -0.465 e. The molecule has 4 aromatic rings. The van der Waals surface area contributed by atoms with Crippen LogP contribution < -0.4 is 15.0 Å². The number of thioether (sulfide) groups is 1. The molecule has 3 aromatic carbocycles. The summed E-state index contributed by atoms with van der Waals surface area (Å²) >= 11 is 1.50. The molecule has 1 atom stereocenters. The smallest absolute Gasteiger partial charge is 0.465 e. The minimum absolute atomic E-state index is 0.121.